The molecule has 0 bridgehead atoms. The lowest BCUT2D eigenvalue weighted by Crippen LogP contribution is -2.39. The maximum absolute atomic E-state index is 13.0. The summed E-state index contributed by atoms with van der Waals surface area (Å²) < 4.78 is 4.14. The lowest BCUT2D eigenvalue weighted by atomic mass is 10.2. The zero-order valence-corrected chi connectivity index (χ0v) is 14.3. The van der Waals surface area contributed by atoms with E-state index in [1.54, 1.807) is 0 Å². The molecule has 0 radical (unpaired) electrons. The monoisotopic (exact) mass is 335 g/mol. The fraction of sp³-hybridized carbons (Fsp3) is 0.316. The predicted octanol–water partition coefficient (Wildman–Crippen LogP) is 2.35. The molecule has 0 saturated heterocycles. The van der Waals surface area contributed by atoms with Crippen LogP contribution in [0, 0.1) is 0 Å². The highest BCUT2D eigenvalue weighted by atomic mass is 16.2. The number of nitrogens with zero attached hydrogens (tertiary/aromatic N) is 5. The fourth-order valence-electron chi connectivity index (χ4n) is 3.34. The highest BCUT2D eigenvalue weighted by Gasteiger charge is 2.26. The van der Waals surface area contributed by atoms with Gasteiger partial charge in [-0.1, -0.05) is 37.3 Å². The molecule has 25 heavy (non-hydrogen) atoms. The second-order valence-electron chi connectivity index (χ2n) is 6.27. The van der Waals surface area contributed by atoms with Gasteiger partial charge in [-0.3, -0.25) is 4.79 Å². The highest BCUT2D eigenvalue weighted by Crippen LogP contribution is 2.17. The zero-order chi connectivity index (χ0) is 17.2. The first kappa shape index (κ1) is 15.6. The van der Waals surface area contributed by atoms with Crippen molar-refractivity contribution in [3.05, 3.63) is 71.6 Å². The summed E-state index contributed by atoms with van der Waals surface area (Å²) in [5.74, 6) is 1.92. The van der Waals surface area contributed by atoms with Crippen molar-refractivity contribution < 1.29 is 4.79 Å². The number of aromatic nitrogens is 4. The number of rotatable bonds is 4. The molecule has 1 aliphatic rings. The Morgan fingerprint density at radius 1 is 1.08 bits per heavy atom. The van der Waals surface area contributed by atoms with Crippen molar-refractivity contribution in [2.75, 3.05) is 6.54 Å². The molecular formula is C19H21N5O. The van der Waals surface area contributed by atoms with Crippen LogP contribution >= 0.6 is 0 Å². The second kappa shape index (κ2) is 6.55. The molecule has 4 rings (SSSR count). The predicted molar refractivity (Wildman–Crippen MR) is 94.1 cm³/mol. The number of hydrogen-bond donors (Lipinski definition) is 0. The van der Waals surface area contributed by atoms with Crippen molar-refractivity contribution in [1.82, 2.24) is 24.2 Å². The molecule has 3 heterocycles. The molecule has 0 saturated carbocycles. The average molecular weight is 335 g/mol. The van der Waals surface area contributed by atoms with E-state index in [2.05, 4.69) is 33.8 Å². The van der Waals surface area contributed by atoms with E-state index in [9.17, 15) is 4.79 Å². The Bertz CT molecular complexity index is 880. The molecule has 3 aromatic rings. The summed E-state index contributed by atoms with van der Waals surface area (Å²) in [5, 5.41) is 8.46. The number of carbonyl (C=O) groups excluding carboxylic acids is 1. The molecule has 6 heteroatoms. The zero-order valence-electron chi connectivity index (χ0n) is 14.3. The minimum atomic E-state index is 0.0493. The van der Waals surface area contributed by atoms with Crippen LogP contribution in [0.25, 0.3) is 0 Å². The first-order chi connectivity index (χ1) is 12.3. The molecule has 0 N–H and O–H groups in total. The van der Waals surface area contributed by atoms with Gasteiger partial charge in [-0.25, -0.2) is 0 Å². The average Bonchev–Trinajstić information content (AvgIpc) is 3.28. The summed E-state index contributed by atoms with van der Waals surface area (Å²) in [7, 11) is 0. The van der Waals surface area contributed by atoms with Crippen molar-refractivity contribution in [1.29, 1.82) is 0 Å². The van der Waals surface area contributed by atoms with Gasteiger partial charge < -0.3 is 14.0 Å². The molecule has 0 atom stereocenters. The smallest absolute Gasteiger partial charge is 0.270 e. The summed E-state index contributed by atoms with van der Waals surface area (Å²) in [6.45, 7) is 4.73. The van der Waals surface area contributed by atoms with E-state index in [4.69, 9.17) is 0 Å². The third-order valence-electron chi connectivity index (χ3n) is 4.68. The third kappa shape index (κ3) is 2.95. The minimum absolute atomic E-state index is 0.0493. The molecule has 6 nitrogen and oxygen atoms in total. The molecule has 0 fully saturated rings. The number of carbonyl (C=O) groups is 1. The largest absolute Gasteiger partial charge is 0.339 e. The number of amides is 1. The van der Waals surface area contributed by atoms with Gasteiger partial charge in [-0.2, -0.15) is 0 Å². The molecule has 1 amide bonds. The Morgan fingerprint density at radius 3 is 2.72 bits per heavy atom. The van der Waals surface area contributed by atoms with Crippen LogP contribution in [0.3, 0.4) is 0 Å². The van der Waals surface area contributed by atoms with E-state index in [0.29, 0.717) is 25.3 Å². The van der Waals surface area contributed by atoms with Gasteiger partial charge >= 0.3 is 0 Å². The Kier molecular flexibility index (Phi) is 4.09. The third-order valence-corrected chi connectivity index (χ3v) is 4.68. The normalized spacial score (nSPS) is 13.7. The Labute approximate surface area is 146 Å². The van der Waals surface area contributed by atoms with E-state index in [-0.39, 0.29) is 5.91 Å². The maximum Gasteiger partial charge on any atom is 0.270 e. The number of fused-ring (bicyclic) bond motifs is 1. The van der Waals surface area contributed by atoms with Gasteiger partial charge in [-0.15, -0.1) is 10.2 Å². The van der Waals surface area contributed by atoms with Crippen LogP contribution in [0.4, 0.5) is 0 Å². The van der Waals surface area contributed by atoms with Crippen molar-refractivity contribution >= 4 is 5.91 Å². The molecule has 128 valence electrons. The van der Waals surface area contributed by atoms with Crippen molar-refractivity contribution in [3.63, 3.8) is 0 Å². The molecule has 1 aromatic carbocycles. The fourth-order valence-corrected chi connectivity index (χ4v) is 3.34. The standard InChI is InChI=1S/C19H21N5O/c1-2-17-20-21-18-14-23(11-12-24(17)18)19(25)16-9-6-10-22(16)13-15-7-4-3-5-8-15/h3-10H,2,11-14H2,1H3. The highest BCUT2D eigenvalue weighted by molar-refractivity contribution is 5.92. The number of benzene rings is 1. The maximum atomic E-state index is 13.0. The van der Waals surface area contributed by atoms with Crippen LogP contribution in [-0.4, -0.2) is 36.7 Å². The van der Waals surface area contributed by atoms with Crippen LogP contribution in [0.2, 0.25) is 0 Å². The van der Waals surface area contributed by atoms with Crippen molar-refractivity contribution in [3.8, 4) is 0 Å². The summed E-state index contributed by atoms with van der Waals surface area (Å²) in [6, 6.07) is 14.0. The summed E-state index contributed by atoms with van der Waals surface area (Å²) in [5.41, 5.74) is 1.89. The lowest BCUT2D eigenvalue weighted by Gasteiger charge is -2.28. The first-order valence-electron chi connectivity index (χ1n) is 8.65. The van der Waals surface area contributed by atoms with Gasteiger partial charge in [0.25, 0.3) is 5.91 Å². The SMILES string of the molecule is CCc1nnc2n1CCN(C(=O)c1cccn1Cc1ccccc1)C2. The summed E-state index contributed by atoms with van der Waals surface area (Å²) in [4.78, 5) is 14.9. The Hall–Kier alpha value is -2.89. The van der Waals surface area contributed by atoms with E-state index in [1.165, 1.54) is 5.56 Å². The van der Waals surface area contributed by atoms with Gasteiger partial charge in [0.15, 0.2) is 5.82 Å². The topological polar surface area (TPSA) is 56.0 Å². The second-order valence-corrected chi connectivity index (χ2v) is 6.27. The molecule has 1 aliphatic heterocycles. The van der Waals surface area contributed by atoms with Gasteiger partial charge in [0.2, 0.25) is 0 Å². The Morgan fingerprint density at radius 2 is 1.92 bits per heavy atom. The lowest BCUT2D eigenvalue weighted by molar-refractivity contribution is 0.0696. The summed E-state index contributed by atoms with van der Waals surface area (Å²) >= 11 is 0. The molecule has 0 spiro atoms. The van der Waals surface area contributed by atoms with E-state index in [0.717, 1.165) is 24.6 Å². The van der Waals surface area contributed by atoms with Gasteiger partial charge in [-0.05, 0) is 17.7 Å². The number of hydrogen-bond acceptors (Lipinski definition) is 3. The molecular weight excluding hydrogens is 314 g/mol. The van der Waals surface area contributed by atoms with Gasteiger partial charge in [0, 0.05) is 32.3 Å². The van der Waals surface area contributed by atoms with Crippen molar-refractivity contribution in [2.45, 2.75) is 33.0 Å². The van der Waals surface area contributed by atoms with E-state index >= 15 is 0 Å². The molecule has 0 aliphatic carbocycles. The molecule has 0 unspecified atom stereocenters. The van der Waals surface area contributed by atoms with Gasteiger partial charge in [0.1, 0.15) is 11.5 Å². The van der Waals surface area contributed by atoms with Crippen LogP contribution in [0.15, 0.2) is 48.7 Å². The van der Waals surface area contributed by atoms with E-state index < -0.39 is 0 Å². The summed E-state index contributed by atoms with van der Waals surface area (Å²) in [6.07, 6.45) is 2.82. The quantitative estimate of drug-likeness (QED) is 0.735. The van der Waals surface area contributed by atoms with Crippen LogP contribution < -0.4 is 0 Å². The van der Waals surface area contributed by atoms with Crippen LogP contribution in [0.1, 0.15) is 34.6 Å². The first-order valence-corrected chi connectivity index (χ1v) is 8.65. The number of aryl methyl sites for hydroxylation is 1. The van der Waals surface area contributed by atoms with Crippen LogP contribution in [0.5, 0.6) is 0 Å². The molecule has 2 aromatic heterocycles. The van der Waals surface area contributed by atoms with Gasteiger partial charge in [0.05, 0.1) is 6.54 Å². The van der Waals surface area contributed by atoms with E-state index in [1.807, 2.05) is 46.0 Å². The Balaban J connectivity index is 1.53. The van der Waals surface area contributed by atoms with Crippen molar-refractivity contribution in [2.24, 2.45) is 0 Å². The van der Waals surface area contributed by atoms with Crippen LogP contribution in [-0.2, 0) is 26.1 Å². The minimum Gasteiger partial charge on any atom is -0.339 e.